The fourth-order valence-electron chi connectivity index (χ4n) is 3.15. The van der Waals surface area contributed by atoms with Crippen LogP contribution in [0.1, 0.15) is 48.0 Å². The van der Waals surface area contributed by atoms with E-state index in [-0.39, 0.29) is 11.9 Å². The highest BCUT2D eigenvalue weighted by molar-refractivity contribution is 6.08. The first kappa shape index (κ1) is 14.3. The molecule has 1 heterocycles. The maximum atomic E-state index is 12.6. The van der Waals surface area contributed by atoms with Crippen LogP contribution >= 0.6 is 0 Å². The first-order valence-corrected chi connectivity index (χ1v) is 7.89. The van der Waals surface area contributed by atoms with Gasteiger partial charge in [0, 0.05) is 18.6 Å². The minimum atomic E-state index is 0.236. The molecule has 1 saturated heterocycles. The van der Waals surface area contributed by atoms with Crippen molar-refractivity contribution in [3.05, 3.63) is 47.5 Å². The lowest BCUT2D eigenvalue weighted by Crippen LogP contribution is -2.20. The zero-order valence-corrected chi connectivity index (χ0v) is 12.6. The van der Waals surface area contributed by atoms with Crippen molar-refractivity contribution < 1.29 is 9.53 Å². The zero-order valence-electron chi connectivity index (χ0n) is 12.6. The molecule has 1 unspecified atom stereocenters. The van der Waals surface area contributed by atoms with Crippen LogP contribution in [0.3, 0.4) is 0 Å². The van der Waals surface area contributed by atoms with E-state index in [4.69, 9.17) is 4.74 Å². The van der Waals surface area contributed by atoms with Gasteiger partial charge in [0.1, 0.15) is 0 Å². The van der Waals surface area contributed by atoms with Gasteiger partial charge in [0.05, 0.1) is 6.10 Å². The molecule has 0 radical (unpaired) electrons. The predicted molar refractivity (Wildman–Crippen MR) is 85.8 cm³/mol. The molecule has 2 nitrogen and oxygen atoms in total. The Hall–Kier alpha value is -1.67. The molecule has 1 atom stereocenters. The zero-order chi connectivity index (χ0) is 14.7. The maximum absolute atomic E-state index is 12.6. The SMILES string of the molecule is Cc1ccc(C(=O)CCC2CCCCO2)c2ccccc12. The van der Waals surface area contributed by atoms with E-state index in [0.29, 0.717) is 6.42 Å². The van der Waals surface area contributed by atoms with Crippen molar-refractivity contribution in [1.29, 1.82) is 0 Å². The smallest absolute Gasteiger partial charge is 0.163 e. The Labute approximate surface area is 126 Å². The molecule has 2 aromatic carbocycles. The summed E-state index contributed by atoms with van der Waals surface area (Å²) in [4.78, 5) is 12.6. The average molecular weight is 282 g/mol. The number of hydrogen-bond donors (Lipinski definition) is 0. The molecule has 0 N–H and O–H groups in total. The van der Waals surface area contributed by atoms with E-state index in [9.17, 15) is 4.79 Å². The molecule has 0 aliphatic carbocycles. The van der Waals surface area contributed by atoms with E-state index in [1.165, 1.54) is 17.4 Å². The summed E-state index contributed by atoms with van der Waals surface area (Å²) >= 11 is 0. The van der Waals surface area contributed by atoms with Crippen molar-refractivity contribution >= 4 is 16.6 Å². The molecule has 0 aromatic heterocycles. The third-order valence-corrected chi connectivity index (χ3v) is 4.41. The van der Waals surface area contributed by atoms with Gasteiger partial charge in [0.2, 0.25) is 0 Å². The van der Waals surface area contributed by atoms with Crippen LogP contribution in [0.2, 0.25) is 0 Å². The average Bonchev–Trinajstić information content (AvgIpc) is 2.54. The Bertz CT molecular complexity index is 639. The molecule has 1 aliphatic rings. The molecular weight excluding hydrogens is 260 g/mol. The number of rotatable bonds is 4. The molecule has 3 rings (SSSR count). The van der Waals surface area contributed by atoms with Crippen LogP contribution in [-0.2, 0) is 4.74 Å². The van der Waals surface area contributed by atoms with E-state index < -0.39 is 0 Å². The summed E-state index contributed by atoms with van der Waals surface area (Å²) in [6.45, 7) is 2.94. The number of hydrogen-bond acceptors (Lipinski definition) is 2. The van der Waals surface area contributed by atoms with Crippen LogP contribution in [0.15, 0.2) is 36.4 Å². The number of fused-ring (bicyclic) bond motifs is 1. The van der Waals surface area contributed by atoms with Gasteiger partial charge in [0.15, 0.2) is 5.78 Å². The van der Waals surface area contributed by atoms with Gasteiger partial charge in [0.25, 0.3) is 0 Å². The topological polar surface area (TPSA) is 26.3 Å². The van der Waals surface area contributed by atoms with E-state index in [1.54, 1.807) is 0 Å². The minimum absolute atomic E-state index is 0.236. The lowest BCUT2D eigenvalue weighted by molar-refractivity contribution is 0.0104. The highest BCUT2D eigenvalue weighted by Crippen LogP contribution is 2.25. The second-order valence-corrected chi connectivity index (χ2v) is 5.93. The molecule has 1 fully saturated rings. The van der Waals surface area contributed by atoms with Gasteiger partial charge in [-0.1, -0.05) is 36.4 Å². The van der Waals surface area contributed by atoms with Gasteiger partial charge in [-0.25, -0.2) is 0 Å². The summed E-state index contributed by atoms with van der Waals surface area (Å²) in [5.41, 5.74) is 2.07. The highest BCUT2D eigenvalue weighted by Gasteiger charge is 2.17. The Morgan fingerprint density at radius 2 is 1.95 bits per heavy atom. The number of benzene rings is 2. The Morgan fingerprint density at radius 1 is 1.14 bits per heavy atom. The van der Waals surface area contributed by atoms with Crippen LogP contribution in [-0.4, -0.2) is 18.5 Å². The van der Waals surface area contributed by atoms with Gasteiger partial charge in [-0.3, -0.25) is 4.79 Å². The van der Waals surface area contributed by atoms with Gasteiger partial charge in [-0.15, -0.1) is 0 Å². The lowest BCUT2D eigenvalue weighted by Gasteiger charge is -2.22. The number of Topliss-reactive ketones (excluding diaryl/α,β-unsaturated/α-hetero) is 1. The Kier molecular flexibility index (Phi) is 4.35. The van der Waals surface area contributed by atoms with Crippen LogP contribution in [0.5, 0.6) is 0 Å². The molecule has 2 aromatic rings. The molecule has 0 bridgehead atoms. The Balaban J connectivity index is 1.77. The van der Waals surface area contributed by atoms with Gasteiger partial charge in [-0.2, -0.15) is 0 Å². The molecule has 2 heteroatoms. The summed E-state index contributed by atoms with van der Waals surface area (Å²) in [6, 6.07) is 12.2. The lowest BCUT2D eigenvalue weighted by atomic mass is 9.94. The van der Waals surface area contributed by atoms with Crippen molar-refractivity contribution in [2.24, 2.45) is 0 Å². The third-order valence-electron chi connectivity index (χ3n) is 4.41. The standard InChI is InChI=1S/C19H22O2/c1-14-9-11-18(17-8-3-2-7-16(14)17)19(20)12-10-15-6-4-5-13-21-15/h2-3,7-9,11,15H,4-6,10,12-13H2,1H3. The van der Waals surface area contributed by atoms with Gasteiger partial charge in [-0.05, 0) is 48.9 Å². The third kappa shape index (κ3) is 3.16. The summed E-state index contributed by atoms with van der Waals surface area (Å²) in [6.07, 6.45) is 5.19. The summed E-state index contributed by atoms with van der Waals surface area (Å²) in [5, 5.41) is 2.25. The summed E-state index contributed by atoms with van der Waals surface area (Å²) in [5.74, 6) is 0.236. The van der Waals surface area contributed by atoms with Crippen molar-refractivity contribution in [3.8, 4) is 0 Å². The second-order valence-electron chi connectivity index (χ2n) is 5.93. The number of aryl methyl sites for hydroxylation is 1. The fourth-order valence-corrected chi connectivity index (χ4v) is 3.15. The second kappa shape index (κ2) is 6.40. The van der Waals surface area contributed by atoms with E-state index >= 15 is 0 Å². The van der Waals surface area contributed by atoms with Crippen molar-refractivity contribution in [1.82, 2.24) is 0 Å². The number of ketones is 1. The molecule has 0 amide bonds. The fraction of sp³-hybridized carbons (Fsp3) is 0.421. The molecule has 1 aliphatic heterocycles. The first-order chi connectivity index (χ1) is 10.3. The quantitative estimate of drug-likeness (QED) is 0.761. The largest absolute Gasteiger partial charge is 0.378 e. The number of carbonyl (C=O) groups excluding carboxylic acids is 1. The van der Waals surface area contributed by atoms with Crippen LogP contribution in [0.25, 0.3) is 10.8 Å². The van der Waals surface area contributed by atoms with Crippen molar-refractivity contribution in [3.63, 3.8) is 0 Å². The van der Waals surface area contributed by atoms with E-state index in [2.05, 4.69) is 13.0 Å². The van der Waals surface area contributed by atoms with Crippen LogP contribution in [0.4, 0.5) is 0 Å². The Morgan fingerprint density at radius 3 is 2.71 bits per heavy atom. The van der Waals surface area contributed by atoms with Crippen LogP contribution < -0.4 is 0 Å². The predicted octanol–water partition coefficient (Wildman–Crippen LogP) is 4.68. The minimum Gasteiger partial charge on any atom is -0.378 e. The molecule has 21 heavy (non-hydrogen) atoms. The van der Waals surface area contributed by atoms with Crippen molar-refractivity contribution in [2.45, 2.75) is 45.1 Å². The molecule has 0 saturated carbocycles. The molecule has 110 valence electrons. The van der Waals surface area contributed by atoms with E-state index in [0.717, 1.165) is 36.8 Å². The first-order valence-electron chi connectivity index (χ1n) is 7.89. The molecule has 0 spiro atoms. The highest BCUT2D eigenvalue weighted by atomic mass is 16.5. The maximum Gasteiger partial charge on any atom is 0.163 e. The molecular formula is C19H22O2. The number of ether oxygens (including phenoxy) is 1. The normalized spacial score (nSPS) is 18.8. The summed E-state index contributed by atoms with van der Waals surface area (Å²) < 4.78 is 5.72. The van der Waals surface area contributed by atoms with Crippen molar-refractivity contribution in [2.75, 3.05) is 6.61 Å². The number of carbonyl (C=O) groups is 1. The van der Waals surface area contributed by atoms with Crippen LogP contribution in [0, 0.1) is 6.92 Å². The summed E-state index contributed by atoms with van der Waals surface area (Å²) in [7, 11) is 0. The van der Waals surface area contributed by atoms with E-state index in [1.807, 2.05) is 30.3 Å². The monoisotopic (exact) mass is 282 g/mol. The van der Waals surface area contributed by atoms with Gasteiger partial charge >= 0.3 is 0 Å². The van der Waals surface area contributed by atoms with Gasteiger partial charge < -0.3 is 4.74 Å².